The Labute approximate surface area is 366 Å². The molecule has 0 N–H and O–H groups in total. The van der Waals surface area contributed by atoms with Gasteiger partial charge in [0.2, 0.25) is 0 Å². The molecule has 0 saturated carbocycles. The first-order chi connectivity index (χ1) is 28.0. The molecule has 0 spiro atoms. The van der Waals surface area contributed by atoms with Gasteiger partial charge in [-0.3, -0.25) is 0 Å². The minimum absolute atomic E-state index is 0.00722. The van der Waals surface area contributed by atoms with Crippen LogP contribution in [0.25, 0.3) is 11.1 Å². The molecule has 6 aromatic carbocycles. The molecular weight excluding hydrogens is 747 g/mol. The van der Waals surface area contributed by atoms with Crippen molar-refractivity contribution in [2.45, 2.75) is 130 Å². The first kappa shape index (κ1) is 40.7. The summed E-state index contributed by atoms with van der Waals surface area (Å²) in [5.74, 6) is 0. The highest BCUT2D eigenvalue weighted by Crippen LogP contribution is 2.52. The second-order valence-electron chi connectivity index (χ2n) is 22.4. The van der Waals surface area contributed by atoms with Crippen molar-refractivity contribution in [1.82, 2.24) is 0 Å². The fraction of sp³-hybridized carbons (Fsp3) is 0.357. The molecule has 0 unspecified atom stereocenters. The SMILES string of the molecule is CC(C)(C)c1ccc(N2c3cc(Cl)ccc3B3c4cc5c(cc4N(c4ccc(C(C)(C)C)cc4-c4ccccc4)c4cc(C(C)(C)C)cc2c43)C(C)(C)CCC5(C)C)cc1. The molecule has 0 fully saturated rings. The van der Waals surface area contributed by atoms with Gasteiger partial charge in [-0.1, -0.05) is 162 Å². The Morgan fingerprint density at radius 3 is 1.63 bits per heavy atom. The highest BCUT2D eigenvalue weighted by atomic mass is 35.5. The van der Waals surface area contributed by atoms with Crippen molar-refractivity contribution in [3.8, 4) is 11.1 Å². The van der Waals surface area contributed by atoms with Crippen LogP contribution in [0, 0.1) is 0 Å². The molecule has 4 heteroatoms. The Balaban J connectivity index is 1.44. The van der Waals surface area contributed by atoms with Gasteiger partial charge in [0, 0.05) is 39.0 Å². The lowest BCUT2D eigenvalue weighted by Crippen LogP contribution is -2.62. The average Bonchev–Trinajstić information content (AvgIpc) is 3.18. The van der Waals surface area contributed by atoms with E-state index in [0.29, 0.717) is 0 Å². The molecule has 1 aliphatic carbocycles. The minimum atomic E-state index is -0.121. The van der Waals surface area contributed by atoms with E-state index in [9.17, 15) is 0 Å². The van der Waals surface area contributed by atoms with Crippen LogP contribution in [0.1, 0.15) is 131 Å². The van der Waals surface area contributed by atoms with Crippen LogP contribution in [0.5, 0.6) is 0 Å². The van der Waals surface area contributed by atoms with E-state index in [1.807, 2.05) is 0 Å². The van der Waals surface area contributed by atoms with Crippen molar-refractivity contribution in [2.24, 2.45) is 0 Å². The lowest BCUT2D eigenvalue weighted by molar-refractivity contribution is 0.332. The van der Waals surface area contributed by atoms with Crippen LogP contribution in [0.2, 0.25) is 5.02 Å². The lowest BCUT2D eigenvalue weighted by atomic mass is 9.33. The number of halogens is 1. The van der Waals surface area contributed by atoms with E-state index >= 15 is 0 Å². The number of rotatable bonds is 3. The van der Waals surface area contributed by atoms with E-state index in [-0.39, 0.29) is 33.8 Å². The summed E-state index contributed by atoms with van der Waals surface area (Å²) in [6.07, 6.45) is 2.32. The molecule has 6 aromatic rings. The van der Waals surface area contributed by atoms with E-state index in [1.54, 1.807) is 0 Å². The van der Waals surface area contributed by atoms with Gasteiger partial charge in [0.15, 0.2) is 0 Å². The third-order valence-corrected chi connectivity index (χ3v) is 14.3. The van der Waals surface area contributed by atoms with Gasteiger partial charge in [-0.15, -0.1) is 0 Å². The molecule has 3 aliphatic rings. The maximum Gasteiger partial charge on any atom is 0.252 e. The molecule has 9 rings (SSSR count). The Kier molecular flexibility index (Phi) is 9.24. The van der Waals surface area contributed by atoms with Gasteiger partial charge < -0.3 is 9.80 Å². The number of fused-ring (bicyclic) bond motifs is 5. The maximum absolute atomic E-state index is 7.03. The standard InChI is InChI=1S/C56H62BClN2/c1-52(2,3)36-19-23-40(24-20-36)59-47-32-39(58)22-25-44(47)57-45-33-42-43(56(12,13)28-27-55(42,10)11)34-48(45)60(50-31-38(54(7,8)9)30-49(59)51(50)57)46-26-21-37(53(4,5)6)29-41(46)35-17-15-14-16-18-35/h14-26,29-34H,27-28H2,1-13H3. The predicted octanol–water partition coefficient (Wildman–Crippen LogP) is 14.3. The fourth-order valence-electron chi connectivity index (χ4n) is 10.2. The molecule has 0 saturated heterocycles. The largest absolute Gasteiger partial charge is 0.311 e. The molecule has 0 aromatic heterocycles. The molecule has 2 heterocycles. The summed E-state index contributed by atoms with van der Waals surface area (Å²) in [5, 5.41) is 0.748. The van der Waals surface area contributed by atoms with Crippen molar-refractivity contribution < 1.29 is 0 Å². The predicted molar refractivity (Wildman–Crippen MR) is 262 cm³/mol. The number of nitrogens with zero attached hydrogens (tertiary/aromatic N) is 2. The quantitative estimate of drug-likeness (QED) is 0.164. The van der Waals surface area contributed by atoms with Gasteiger partial charge >= 0.3 is 0 Å². The number of hydrogen-bond donors (Lipinski definition) is 0. The van der Waals surface area contributed by atoms with Crippen molar-refractivity contribution in [3.63, 3.8) is 0 Å². The van der Waals surface area contributed by atoms with Crippen molar-refractivity contribution in [3.05, 3.63) is 148 Å². The maximum atomic E-state index is 7.03. The molecule has 0 amide bonds. The summed E-state index contributed by atoms with van der Waals surface area (Å²) in [6, 6.07) is 44.4. The summed E-state index contributed by atoms with van der Waals surface area (Å²) < 4.78 is 0. The number of hydrogen-bond acceptors (Lipinski definition) is 2. The lowest BCUT2D eigenvalue weighted by Gasteiger charge is -2.48. The normalized spacial score (nSPS) is 16.5. The second-order valence-corrected chi connectivity index (χ2v) is 22.8. The molecule has 0 bridgehead atoms. The molecule has 0 atom stereocenters. The second kappa shape index (κ2) is 13.6. The van der Waals surface area contributed by atoms with Crippen LogP contribution in [0.15, 0.2) is 115 Å². The molecule has 0 radical (unpaired) electrons. The fourth-order valence-corrected chi connectivity index (χ4v) is 10.3. The third-order valence-electron chi connectivity index (χ3n) is 14.0. The Morgan fingerprint density at radius 1 is 0.483 bits per heavy atom. The molecule has 2 nitrogen and oxygen atoms in total. The van der Waals surface area contributed by atoms with Gasteiger partial charge in [0.05, 0.1) is 5.69 Å². The molecular formula is C56H62BClN2. The van der Waals surface area contributed by atoms with Crippen LogP contribution >= 0.6 is 11.6 Å². The highest BCUT2D eigenvalue weighted by molar-refractivity contribution is 7.00. The first-order valence-corrected chi connectivity index (χ1v) is 22.5. The van der Waals surface area contributed by atoms with Crippen LogP contribution < -0.4 is 26.2 Å². The zero-order valence-electron chi connectivity index (χ0n) is 38.2. The Hall–Kier alpha value is -4.73. The van der Waals surface area contributed by atoms with E-state index in [1.165, 1.54) is 78.1 Å². The van der Waals surface area contributed by atoms with E-state index < -0.39 is 0 Å². The van der Waals surface area contributed by atoms with Gasteiger partial charge in [0.25, 0.3) is 6.71 Å². The summed E-state index contributed by atoms with van der Waals surface area (Å²) in [5.41, 5.74) is 20.6. The minimum Gasteiger partial charge on any atom is -0.311 e. The Morgan fingerprint density at radius 2 is 1.03 bits per heavy atom. The van der Waals surface area contributed by atoms with Crippen molar-refractivity contribution in [1.29, 1.82) is 0 Å². The van der Waals surface area contributed by atoms with E-state index in [2.05, 4.69) is 215 Å². The molecule has 2 aliphatic heterocycles. The average molecular weight is 809 g/mol. The zero-order valence-corrected chi connectivity index (χ0v) is 39.0. The first-order valence-electron chi connectivity index (χ1n) is 22.1. The summed E-state index contributed by atoms with van der Waals surface area (Å²) in [4.78, 5) is 5.17. The van der Waals surface area contributed by atoms with Crippen LogP contribution in [0.3, 0.4) is 0 Å². The van der Waals surface area contributed by atoms with E-state index in [4.69, 9.17) is 11.6 Å². The highest BCUT2D eigenvalue weighted by Gasteiger charge is 2.47. The third kappa shape index (κ3) is 6.62. The van der Waals surface area contributed by atoms with Gasteiger partial charge in [0.1, 0.15) is 0 Å². The zero-order chi connectivity index (χ0) is 42.9. The summed E-state index contributed by atoms with van der Waals surface area (Å²) in [6.45, 7) is 30.7. The van der Waals surface area contributed by atoms with Crippen molar-refractivity contribution >= 4 is 68.8 Å². The Bertz CT molecular complexity index is 2670. The topological polar surface area (TPSA) is 6.48 Å². The van der Waals surface area contributed by atoms with Crippen LogP contribution in [-0.4, -0.2) is 6.71 Å². The molecule has 60 heavy (non-hydrogen) atoms. The van der Waals surface area contributed by atoms with Crippen molar-refractivity contribution in [2.75, 3.05) is 9.80 Å². The van der Waals surface area contributed by atoms with Crippen LogP contribution in [0.4, 0.5) is 34.1 Å². The van der Waals surface area contributed by atoms with Crippen LogP contribution in [-0.2, 0) is 27.1 Å². The monoisotopic (exact) mass is 808 g/mol. The number of anilines is 6. The molecule has 306 valence electrons. The summed E-state index contributed by atoms with van der Waals surface area (Å²) >= 11 is 7.03. The smallest absolute Gasteiger partial charge is 0.252 e. The van der Waals surface area contributed by atoms with E-state index in [0.717, 1.165) is 29.2 Å². The van der Waals surface area contributed by atoms with Gasteiger partial charge in [-0.05, 0) is 144 Å². The van der Waals surface area contributed by atoms with Gasteiger partial charge in [-0.2, -0.15) is 0 Å². The summed E-state index contributed by atoms with van der Waals surface area (Å²) in [7, 11) is 0. The number of benzene rings is 6. The van der Waals surface area contributed by atoms with Gasteiger partial charge in [-0.25, -0.2) is 0 Å².